The molecule has 4 heterocycles. The molecule has 1 fully saturated rings. The number of fused-ring (bicyclic) bond motifs is 5. The van der Waals surface area contributed by atoms with E-state index in [9.17, 15) is 9.59 Å². The van der Waals surface area contributed by atoms with Crippen LogP contribution >= 0.6 is 23.1 Å². The Balaban J connectivity index is 1.55. The summed E-state index contributed by atoms with van der Waals surface area (Å²) in [6.45, 7) is 1.72. The number of aromatic nitrogens is 4. The molecule has 1 saturated heterocycles. The number of aryl methyl sites for hydroxylation is 3. The van der Waals surface area contributed by atoms with Gasteiger partial charge in [0.25, 0.3) is 5.56 Å². The van der Waals surface area contributed by atoms with Gasteiger partial charge >= 0.3 is 0 Å². The lowest BCUT2D eigenvalue weighted by Crippen LogP contribution is -2.36. The number of carbonyl (C=O) groups excluding carboxylic acids is 1. The van der Waals surface area contributed by atoms with Crippen molar-refractivity contribution in [2.24, 2.45) is 7.05 Å². The smallest absolute Gasteiger partial charge is 0.263 e. The van der Waals surface area contributed by atoms with Crippen LogP contribution in [0.5, 0.6) is 0 Å². The number of nitrogens with zero attached hydrogens (tertiary/aromatic N) is 5. The lowest BCUT2D eigenvalue weighted by atomic mass is 9.97. The molecule has 2 aliphatic rings. The van der Waals surface area contributed by atoms with E-state index in [0.717, 1.165) is 55.4 Å². The summed E-state index contributed by atoms with van der Waals surface area (Å²) in [5, 5.41) is 10.1. The fraction of sp³-hybridized carbons (Fsp3) is 0.579. The van der Waals surface area contributed by atoms with Gasteiger partial charge in [0, 0.05) is 25.0 Å². The highest BCUT2D eigenvalue weighted by atomic mass is 32.2. The molecule has 1 amide bonds. The number of hydrogen-bond acceptors (Lipinski definition) is 6. The second kappa shape index (κ2) is 7.18. The normalized spacial score (nSPS) is 17.4. The van der Waals surface area contributed by atoms with Gasteiger partial charge in [-0.1, -0.05) is 11.8 Å². The van der Waals surface area contributed by atoms with Gasteiger partial charge in [-0.05, 0) is 50.5 Å². The number of thioether (sulfide) groups is 1. The van der Waals surface area contributed by atoms with E-state index in [2.05, 4.69) is 10.2 Å². The van der Waals surface area contributed by atoms with Crippen LogP contribution < -0.4 is 5.56 Å². The molecule has 3 aromatic heterocycles. The maximum absolute atomic E-state index is 13.0. The van der Waals surface area contributed by atoms with Crippen LogP contribution in [0.3, 0.4) is 0 Å². The topological polar surface area (TPSA) is 72.5 Å². The summed E-state index contributed by atoms with van der Waals surface area (Å²) in [7, 11) is 1.76. The Labute approximate surface area is 170 Å². The number of amides is 1. The van der Waals surface area contributed by atoms with E-state index >= 15 is 0 Å². The van der Waals surface area contributed by atoms with Crippen molar-refractivity contribution >= 4 is 45.0 Å². The minimum atomic E-state index is 0.00948. The Morgan fingerprint density at radius 1 is 1.11 bits per heavy atom. The quantitative estimate of drug-likeness (QED) is 0.613. The average Bonchev–Trinajstić information content (AvgIpc) is 3.32. The summed E-state index contributed by atoms with van der Waals surface area (Å²) in [5.41, 5.74) is 1.22. The Morgan fingerprint density at radius 2 is 1.89 bits per heavy atom. The highest BCUT2D eigenvalue weighted by molar-refractivity contribution is 7.99. The first-order valence-electron chi connectivity index (χ1n) is 9.94. The zero-order chi connectivity index (χ0) is 19.3. The molecule has 3 aromatic rings. The first-order chi connectivity index (χ1) is 13.6. The van der Waals surface area contributed by atoms with Crippen molar-refractivity contribution in [1.29, 1.82) is 0 Å². The fourth-order valence-electron chi connectivity index (χ4n) is 4.30. The number of rotatable bonds is 3. The average molecular weight is 418 g/mol. The number of likely N-dealkylation sites (tertiary alicyclic amines) is 1. The second-order valence-electron chi connectivity index (χ2n) is 7.60. The lowest BCUT2D eigenvalue weighted by molar-refractivity contribution is -0.129. The first kappa shape index (κ1) is 18.2. The van der Waals surface area contributed by atoms with E-state index in [1.807, 2.05) is 9.30 Å². The summed E-state index contributed by atoms with van der Waals surface area (Å²) in [6, 6.07) is 0. The Morgan fingerprint density at radius 3 is 2.71 bits per heavy atom. The van der Waals surface area contributed by atoms with Crippen LogP contribution in [0.4, 0.5) is 0 Å². The molecule has 1 aliphatic carbocycles. The maximum atomic E-state index is 13.0. The van der Waals surface area contributed by atoms with Crippen LogP contribution in [0.2, 0.25) is 0 Å². The molecule has 28 heavy (non-hydrogen) atoms. The third kappa shape index (κ3) is 2.86. The molecule has 0 spiro atoms. The highest BCUT2D eigenvalue weighted by Gasteiger charge is 2.24. The van der Waals surface area contributed by atoms with Crippen LogP contribution in [0.25, 0.3) is 16.0 Å². The number of hydrogen-bond donors (Lipinski definition) is 0. The minimum Gasteiger partial charge on any atom is -0.342 e. The SMILES string of the molecule is Cn1c(=O)c2c3c(sc2n2c(SCC(=O)N4CCCCC4)nnc12)CCCC3. The first-order valence-corrected chi connectivity index (χ1v) is 11.7. The van der Waals surface area contributed by atoms with Crippen molar-refractivity contribution < 1.29 is 4.79 Å². The fourth-order valence-corrected chi connectivity index (χ4v) is 6.57. The Hall–Kier alpha value is -1.87. The van der Waals surface area contributed by atoms with Crippen molar-refractivity contribution in [2.45, 2.75) is 50.1 Å². The molecular weight excluding hydrogens is 394 g/mol. The van der Waals surface area contributed by atoms with Crippen LogP contribution in [0.15, 0.2) is 9.95 Å². The largest absolute Gasteiger partial charge is 0.342 e. The summed E-state index contributed by atoms with van der Waals surface area (Å²) in [6.07, 6.45) is 7.71. The molecule has 0 N–H and O–H groups in total. The van der Waals surface area contributed by atoms with Crippen LogP contribution in [0.1, 0.15) is 42.5 Å². The zero-order valence-electron chi connectivity index (χ0n) is 15.9. The van der Waals surface area contributed by atoms with Crippen molar-refractivity contribution in [3.8, 4) is 0 Å². The number of thiophene rings is 1. The van der Waals surface area contributed by atoms with Gasteiger partial charge in [-0.2, -0.15) is 0 Å². The van der Waals surface area contributed by atoms with Crippen LogP contribution in [-0.2, 0) is 24.7 Å². The van der Waals surface area contributed by atoms with E-state index in [1.54, 1.807) is 23.0 Å². The second-order valence-corrected chi connectivity index (χ2v) is 9.63. The van der Waals surface area contributed by atoms with Crippen molar-refractivity contribution in [2.75, 3.05) is 18.8 Å². The van der Waals surface area contributed by atoms with Gasteiger partial charge < -0.3 is 4.90 Å². The van der Waals surface area contributed by atoms with Gasteiger partial charge in [-0.15, -0.1) is 21.5 Å². The van der Waals surface area contributed by atoms with Gasteiger partial charge in [0.15, 0.2) is 5.16 Å². The van der Waals surface area contributed by atoms with Crippen molar-refractivity contribution in [3.05, 3.63) is 20.8 Å². The van der Waals surface area contributed by atoms with Gasteiger partial charge in [-0.3, -0.25) is 14.2 Å². The molecular formula is C19H23N5O2S2. The highest BCUT2D eigenvalue weighted by Crippen LogP contribution is 2.36. The van der Waals surface area contributed by atoms with E-state index in [0.29, 0.717) is 16.7 Å². The summed E-state index contributed by atoms with van der Waals surface area (Å²) in [5.74, 6) is 1.06. The molecule has 148 valence electrons. The summed E-state index contributed by atoms with van der Waals surface area (Å²) >= 11 is 3.12. The van der Waals surface area contributed by atoms with E-state index in [1.165, 1.54) is 35.0 Å². The maximum Gasteiger partial charge on any atom is 0.263 e. The molecule has 0 radical (unpaired) electrons. The molecule has 0 atom stereocenters. The monoisotopic (exact) mass is 417 g/mol. The van der Waals surface area contributed by atoms with E-state index < -0.39 is 0 Å². The van der Waals surface area contributed by atoms with Crippen LogP contribution in [-0.4, -0.2) is 48.8 Å². The number of piperidine rings is 1. The number of carbonyl (C=O) groups is 1. The van der Waals surface area contributed by atoms with Gasteiger partial charge in [0.1, 0.15) is 4.83 Å². The molecule has 1 aliphatic heterocycles. The Kier molecular flexibility index (Phi) is 4.66. The molecule has 0 aromatic carbocycles. The van der Waals surface area contributed by atoms with Crippen LogP contribution in [0, 0.1) is 0 Å². The third-order valence-corrected chi connectivity index (χ3v) is 8.01. The molecule has 0 bridgehead atoms. The standard InChI is InChI=1S/C19H23N5O2S2/c1-22-16(26)15-12-7-3-4-8-13(12)28-17(15)24-18(22)20-21-19(24)27-11-14(25)23-9-5-2-6-10-23/h2-11H2,1H3. The lowest BCUT2D eigenvalue weighted by Gasteiger charge is -2.26. The van der Waals surface area contributed by atoms with Crippen molar-refractivity contribution in [3.63, 3.8) is 0 Å². The molecule has 7 nitrogen and oxygen atoms in total. The summed E-state index contributed by atoms with van der Waals surface area (Å²) < 4.78 is 3.57. The molecule has 0 unspecified atom stereocenters. The Bertz CT molecular complexity index is 1120. The predicted molar refractivity (Wildman–Crippen MR) is 111 cm³/mol. The minimum absolute atomic E-state index is 0.00948. The summed E-state index contributed by atoms with van der Waals surface area (Å²) in [4.78, 5) is 29.8. The molecule has 0 saturated carbocycles. The van der Waals surface area contributed by atoms with Crippen molar-refractivity contribution in [1.82, 2.24) is 24.1 Å². The van der Waals surface area contributed by atoms with Gasteiger partial charge in [0.2, 0.25) is 11.7 Å². The van der Waals surface area contributed by atoms with E-state index in [-0.39, 0.29) is 11.5 Å². The molecule has 9 heteroatoms. The van der Waals surface area contributed by atoms with Gasteiger partial charge in [0.05, 0.1) is 11.1 Å². The zero-order valence-corrected chi connectivity index (χ0v) is 17.6. The van der Waals surface area contributed by atoms with Gasteiger partial charge in [-0.25, -0.2) is 4.40 Å². The predicted octanol–water partition coefficient (Wildman–Crippen LogP) is 2.63. The van der Waals surface area contributed by atoms with E-state index in [4.69, 9.17) is 0 Å². The third-order valence-electron chi connectivity index (χ3n) is 5.82. The molecule has 5 rings (SSSR count).